The minimum absolute atomic E-state index is 0.563. The van der Waals surface area contributed by atoms with E-state index in [9.17, 15) is 0 Å². The number of rotatable bonds is 7. The van der Waals surface area contributed by atoms with Gasteiger partial charge in [0.05, 0.1) is 11.6 Å². The van der Waals surface area contributed by atoms with Gasteiger partial charge in [-0.3, -0.25) is 0 Å². The molecule has 22 heavy (non-hydrogen) atoms. The Morgan fingerprint density at radius 2 is 1.77 bits per heavy atom. The standard InChI is InChI=1S/C18H21Cl2NO/c1-3-8-22-18-15(9-16(19)10-17(18)20)12-21-11-14-6-4-13(2)5-7-14/h4-7,9-10,21H,3,8,11-12H2,1-2H3. The molecule has 4 heteroatoms. The predicted molar refractivity (Wildman–Crippen MR) is 94.0 cm³/mol. The van der Waals surface area contributed by atoms with E-state index < -0.39 is 0 Å². The summed E-state index contributed by atoms with van der Waals surface area (Å²) in [6.45, 7) is 6.25. The van der Waals surface area contributed by atoms with Gasteiger partial charge in [-0.2, -0.15) is 0 Å². The van der Waals surface area contributed by atoms with Crippen molar-refractivity contribution in [1.29, 1.82) is 0 Å². The Kier molecular flexibility index (Phi) is 6.56. The van der Waals surface area contributed by atoms with Crippen molar-refractivity contribution in [2.45, 2.75) is 33.4 Å². The van der Waals surface area contributed by atoms with Crippen LogP contribution in [0, 0.1) is 6.92 Å². The third-order valence-electron chi connectivity index (χ3n) is 3.30. The fourth-order valence-electron chi connectivity index (χ4n) is 2.16. The summed E-state index contributed by atoms with van der Waals surface area (Å²) < 4.78 is 5.76. The van der Waals surface area contributed by atoms with Crippen LogP contribution in [0.4, 0.5) is 0 Å². The summed E-state index contributed by atoms with van der Waals surface area (Å²) in [5.74, 6) is 0.726. The molecule has 0 saturated carbocycles. The summed E-state index contributed by atoms with van der Waals surface area (Å²) in [4.78, 5) is 0. The van der Waals surface area contributed by atoms with Crippen molar-refractivity contribution in [3.63, 3.8) is 0 Å². The molecule has 0 spiro atoms. The van der Waals surface area contributed by atoms with Gasteiger partial charge < -0.3 is 10.1 Å². The van der Waals surface area contributed by atoms with Crippen molar-refractivity contribution in [1.82, 2.24) is 5.32 Å². The van der Waals surface area contributed by atoms with Crippen LogP contribution >= 0.6 is 23.2 Å². The lowest BCUT2D eigenvalue weighted by molar-refractivity contribution is 0.313. The van der Waals surface area contributed by atoms with E-state index in [-0.39, 0.29) is 0 Å². The van der Waals surface area contributed by atoms with Crippen LogP contribution in [0.5, 0.6) is 5.75 Å². The van der Waals surface area contributed by atoms with E-state index in [1.54, 1.807) is 6.07 Å². The van der Waals surface area contributed by atoms with E-state index in [0.717, 1.165) is 24.3 Å². The minimum Gasteiger partial charge on any atom is -0.492 e. The molecule has 0 aliphatic carbocycles. The Hall–Kier alpha value is -1.22. The number of aryl methyl sites for hydroxylation is 1. The van der Waals surface area contributed by atoms with Crippen molar-refractivity contribution < 1.29 is 4.74 Å². The zero-order chi connectivity index (χ0) is 15.9. The monoisotopic (exact) mass is 337 g/mol. The van der Waals surface area contributed by atoms with Crippen molar-refractivity contribution in [3.05, 3.63) is 63.1 Å². The van der Waals surface area contributed by atoms with Crippen LogP contribution in [0.25, 0.3) is 0 Å². The Morgan fingerprint density at radius 3 is 2.45 bits per heavy atom. The number of benzene rings is 2. The summed E-state index contributed by atoms with van der Waals surface area (Å²) in [6.07, 6.45) is 0.940. The molecule has 0 fully saturated rings. The van der Waals surface area contributed by atoms with Gasteiger partial charge in [0.25, 0.3) is 0 Å². The van der Waals surface area contributed by atoms with Gasteiger partial charge in [-0.1, -0.05) is 60.0 Å². The lowest BCUT2D eigenvalue weighted by Gasteiger charge is -2.14. The molecule has 0 radical (unpaired) electrons. The van der Waals surface area contributed by atoms with Gasteiger partial charge in [-0.15, -0.1) is 0 Å². The van der Waals surface area contributed by atoms with Crippen molar-refractivity contribution in [3.8, 4) is 5.75 Å². The van der Waals surface area contributed by atoms with Crippen molar-refractivity contribution in [2.24, 2.45) is 0 Å². The Labute approximate surface area is 142 Å². The molecule has 2 nitrogen and oxygen atoms in total. The second-order valence-electron chi connectivity index (χ2n) is 5.31. The van der Waals surface area contributed by atoms with Gasteiger partial charge in [-0.25, -0.2) is 0 Å². The van der Waals surface area contributed by atoms with E-state index >= 15 is 0 Å². The van der Waals surface area contributed by atoms with Gasteiger partial charge in [0.15, 0.2) is 0 Å². The SMILES string of the molecule is CCCOc1c(Cl)cc(Cl)cc1CNCc1ccc(C)cc1. The molecule has 0 unspecified atom stereocenters. The zero-order valence-electron chi connectivity index (χ0n) is 13.0. The highest BCUT2D eigenvalue weighted by Crippen LogP contribution is 2.32. The summed E-state index contributed by atoms with van der Waals surface area (Å²) in [7, 11) is 0. The fourth-order valence-corrected chi connectivity index (χ4v) is 2.75. The first-order valence-electron chi connectivity index (χ1n) is 7.47. The molecule has 118 valence electrons. The predicted octanol–water partition coefficient (Wildman–Crippen LogP) is 5.38. The van der Waals surface area contributed by atoms with Crippen LogP contribution in [0.2, 0.25) is 10.0 Å². The molecule has 0 aliphatic heterocycles. The van der Waals surface area contributed by atoms with E-state index in [0.29, 0.717) is 23.2 Å². The van der Waals surface area contributed by atoms with Gasteiger partial charge in [0.2, 0.25) is 0 Å². The molecule has 0 atom stereocenters. The normalized spacial score (nSPS) is 10.7. The van der Waals surface area contributed by atoms with E-state index in [4.69, 9.17) is 27.9 Å². The lowest BCUT2D eigenvalue weighted by Crippen LogP contribution is -2.14. The molecule has 0 heterocycles. The zero-order valence-corrected chi connectivity index (χ0v) is 14.5. The Balaban J connectivity index is 2.03. The lowest BCUT2D eigenvalue weighted by atomic mass is 10.1. The summed E-state index contributed by atoms with van der Waals surface area (Å²) >= 11 is 12.3. The van der Waals surface area contributed by atoms with Crippen LogP contribution in [0.15, 0.2) is 36.4 Å². The average molecular weight is 338 g/mol. The van der Waals surface area contributed by atoms with Gasteiger partial charge in [0.1, 0.15) is 5.75 Å². The van der Waals surface area contributed by atoms with Crippen LogP contribution in [0.3, 0.4) is 0 Å². The Morgan fingerprint density at radius 1 is 1.05 bits per heavy atom. The van der Waals surface area contributed by atoms with Crippen LogP contribution in [-0.2, 0) is 13.1 Å². The van der Waals surface area contributed by atoms with E-state index in [1.165, 1.54) is 11.1 Å². The highest BCUT2D eigenvalue weighted by molar-refractivity contribution is 6.35. The van der Waals surface area contributed by atoms with Gasteiger partial charge >= 0.3 is 0 Å². The summed E-state index contributed by atoms with van der Waals surface area (Å²) in [5.41, 5.74) is 3.49. The number of halogens is 2. The topological polar surface area (TPSA) is 21.3 Å². The van der Waals surface area contributed by atoms with Crippen LogP contribution < -0.4 is 10.1 Å². The third-order valence-corrected chi connectivity index (χ3v) is 3.80. The maximum absolute atomic E-state index is 6.25. The first-order valence-corrected chi connectivity index (χ1v) is 8.22. The maximum atomic E-state index is 6.25. The molecule has 0 aliphatic rings. The van der Waals surface area contributed by atoms with Gasteiger partial charge in [0, 0.05) is 23.7 Å². The van der Waals surface area contributed by atoms with Crippen LogP contribution in [-0.4, -0.2) is 6.61 Å². The molecule has 2 aromatic rings. The maximum Gasteiger partial charge on any atom is 0.142 e. The molecule has 0 aromatic heterocycles. The smallest absolute Gasteiger partial charge is 0.142 e. The second-order valence-corrected chi connectivity index (χ2v) is 6.16. The third kappa shape index (κ3) is 4.91. The molecule has 0 amide bonds. The first kappa shape index (κ1) is 17.1. The molecular weight excluding hydrogens is 317 g/mol. The fraction of sp³-hybridized carbons (Fsp3) is 0.333. The molecule has 0 saturated heterocycles. The molecular formula is C18H21Cl2NO. The Bertz CT molecular complexity index is 611. The number of hydrogen-bond acceptors (Lipinski definition) is 2. The molecule has 2 aromatic carbocycles. The highest BCUT2D eigenvalue weighted by Gasteiger charge is 2.10. The first-order chi connectivity index (χ1) is 10.6. The number of nitrogens with one attached hydrogen (secondary N) is 1. The number of hydrogen-bond donors (Lipinski definition) is 1. The van der Waals surface area contributed by atoms with Crippen molar-refractivity contribution in [2.75, 3.05) is 6.61 Å². The quantitative estimate of drug-likeness (QED) is 0.732. The summed E-state index contributed by atoms with van der Waals surface area (Å²) in [6, 6.07) is 12.1. The number of ether oxygens (including phenoxy) is 1. The van der Waals surface area contributed by atoms with Crippen LogP contribution in [0.1, 0.15) is 30.0 Å². The van der Waals surface area contributed by atoms with Gasteiger partial charge in [-0.05, 0) is 31.0 Å². The van der Waals surface area contributed by atoms with E-state index in [2.05, 4.69) is 43.4 Å². The molecule has 0 bridgehead atoms. The molecule has 1 N–H and O–H groups in total. The minimum atomic E-state index is 0.563. The molecule has 2 rings (SSSR count). The largest absolute Gasteiger partial charge is 0.492 e. The van der Waals surface area contributed by atoms with E-state index in [1.807, 2.05) is 6.07 Å². The summed E-state index contributed by atoms with van der Waals surface area (Å²) in [5, 5.41) is 4.60. The average Bonchev–Trinajstić information content (AvgIpc) is 2.48. The van der Waals surface area contributed by atoms with Crippen molar-refractivity contribution >= 4 is 23.2 Å². The highest BCUT2D eigenvalue weighted by atomic mass is 35.5. The second kappa shape index (κ2) is 8.42.